The van der Waals surface area contributed by atoms with Crippen LogP contribution >= 0.6 is 11.3 Å². The van der Waals surface area contributed by atoms with Crippen LogP contribution in [0.4, 0.5) is 5.13 Å². The van der Waals surface area contributed by atoms with Gasteiger partial charge >= 0.3 is 0 Å². The van der Waals surface area contributed by atoms with Gasteiger partial charge in [-0.25, -0.2) is 21.8 Å². The Balaban J connectivity index is 1.85. The van der Waals surface area contributed by atoms with Crippen LogP contribution in [0.1, 0.15) is 0 Å². The van der Waals surface area contributed by atoms with Crippen LogP contribution in [0, 0.1) is 0 Å². The van der Waals surface area contributed by atoms with Crippen molar-refractivity contribution in [2.24, 2.45) is 0 Å². The second kappa shape index (κ2) is 5.69. The summed E-state index contributed by atoms with van der Waals surface area (Å²) in [5.74, 6) is 0. The minimum absolute atomic E-state index is 0.280. The molecule has 0 atom stereocenters. The topological polar surface area (TPSA) is 87.7 Å². The van der Waals surface area contributed by atoms with Crippen molar-refractivity contribution in [3.05, 3.63) is 18.2 Å². The molecule has 0 amide bonds. The lowest BCUT2D eigenvalue weighted by atomic mass is 10.3. The van der Waals surface area contributed by atoms with Gasteiger partial charge in [0.1, 0.15) is 0 Å². The number of nitrogens with zero attached hydrogens (tertiary/aromatic N) is 3. The fraction of sp³-hybridized carbons (Fsp3) is 0.462. The molecule has 126 valence electrons. The van der Waals surface area contributed by atoms with Gasteiger partial charge in [-0.05, 0) is 18.2 Å². The summed E-state index contributed by atoms with van der Waals surface area (Å²) in [6, 6.07) is 4.90. The van der Waals surface area contributed by atoms with Gasteiger partial charge in [-0.15, -0.1) is 0 Å². The van der Waals surface area contributed by atoms with Gasteiger partial charge in [0, 0.05) is 32.4 Å². The zero-order valence-corrected chi connectivity index (χ0v) is 15.2. The molecule has 1 aromatic carbocycles. The quantitative estimate of drug-likeness (QED) is 0.788. The largest absolute Gasteiger partial charge is 0.345 e. The summed E-state index contributed by atoms with van der Waals surface area (Å²) in [5, 5.41) is 0.791. The first kappa shape index (κ1) is 16.6. The summed E-state index contributed by atoms with van der Waals surface area (Å²) < 4.78 is 48.6. The minimum atomic E-state index is -3.24. The summed E-state index contributed by atoms with van der Waals surface area (Å²) in [4.78, 5) is 6.84. The molecule has 1 aromatic heterocycles. The van der Waals surface area contributed by atoms with Crippen LogP contribution in [0.25, 0.3) is 10.2 Å². The molecule has 0 saturated carbocycles. The number of sulfone groups is 1. The average Bonchev–Trinajstić information content (AvgIpc) is 2.88. The predicted octanol–water partition coefficient (Wildman–Crippen LogP) is 0.781. The Morgan fingerprint density at radius 2 is 1.70 bits per heavy atom. The Hall–Kier alpha value is -1.23. The molecule has 0 N–H and O–H groups in total. The Kier molecular flexibility index (Phi) is 4.11. The van der Waals surface area contributed by atoms with E-state index >= 15 is 0 Å². The summed E-state index contributed by atoms with van der Waals surface area (Å²) in [6.45, 7) is 2.02. The van der Waals surface area contributed by atoms with E-state index in [9.17, 15) is 16.8 Å². The van der Waals surface area contributed by atoms with E-state index in [0.717, 1.165) is 15.3 Å². The number of benzene rings is 1. The molecule has 0 radical (unpaired) electrons. The van der Waals surface area contributed by atoms with Crippen LogP contribution in [0.3, 0.4) is 0 Å². The SMILES string of the molecule is CS(=O)(=O)c1ccc2nc(N3CCN(S(C)(=O)=O)CC3)sc2c1. The molecule has 2 heterocycles. The number of fused-ring (bicyclic) bond motifs is 1. The van der Waals surface area contributed by atoms with Crippen molar-refractivity contribution in [3.8, 4) is 0 Å². The normalized spacial score (nSPS) is 17.7. The number of piperazine rings is 1. The summed E-state index contributed by atoms with van der Waals surface area (Å²) in [5.41, 5.74) is 0.753. The number of rotatable bonds is 3. The number of aromatic nitrogens is 1. The van der Waals surface area contributed by atoms with Gasteiger partial charge in [-0.1, -0.05) is 11.3 Å². The highest BCUT2D eigenvalue weighted by atomic mass is 32.2. The molecule has 23 heavy (non-hydrogen) atoms. The van der Waals surface area contributed by atoms with Crippen molar-refractivity contribution in [2.75, 3.05) is 43.6 Å². The van der Waals surface area contributed by atoms with E-state index in [-0.39, 0.29) is 4.90 Å². The van der Waals surface area contributed by atoms with Crippen molar-refractivity contribution >= 4 is 46.5 Å². The van der Waals surface area contributed by atoms with Gasteiger partial charge < -0.3 is 4.90 Å². The first-order valence-electron chi connectivity index (χ1n) is 6.95. The van der Waals surface area contributed by atoms with Gasteiger partial charge in [-0.3, -0.25) is 0 Å². The minimum Gasteiger partial charge on any atom is -0.345 e. The highest BCUT2D eigenvalue weighted by Gasteiger charge is 2.25. The van der Waals surface area contributed by atoms with Gasteiger partial charge in [0.15, 0.2) is 15.0 Å². The van der Waals surface area contributed by atoms with Crippen molar-refractivity contribution < 1.29 is 16.8 Å². The van der Waals surface area contributed by atoms with Gasteiger partial charge in [-0.2, -0.15) is 4.31 Å². The maximum absolute atomic E-state index is 11.6. The highest BCUT2D eigenvalue weighted by Crippen LogP contribution is 2.31. The van der Waals surface area contributed by atoms with E-state index < -0.39 is 19.9 Å². The Morgan fingerprint density at radius 1 is 1.04 bits per heavy atom. The molecule has 1 fully saturated rings. The molecular weight excluding hydrogens is 358 g/mol. The highest BCUT2D eigenvalue weighted by molar-refractivity contribution is 7.90. The van der Waals surface area contributed by atoms with Crippen LogP contribution < -0.4 is 4.90 Å². The monoisotopic (exact) mass is 375 g/mol. The first-order chi connectivity index (χ1) is 10.6. The van der Waals surface area contributed by atoms with Crippen molar-refractivity contribution in [1.29, 1.82) is 0 Å². The molecule has 0 aliphatic carbocycles. The molecule has 3 rings (SSSR count). The zero-order valence-electron chi connectivity index (χ0n) is 12.8. The van der Waals surface area contributed by atoms with Gasteiger partial charge in [0.25, 0.3) is 0 Å². The molecule has 1 aliphatic heterocycles. The third-order valence-electron chi connectivity index (χ3n) is 3.75. The molecular formula is C13H17N3O4S3. The smallest absolute Gasteiger partial charge is 0.211 e. The molecule has 0 unspecified atom stereocenters. The average molecular weight is 375 g/mol. The number of hydrogen-bond donors (Lipinski definition) is 0. The summed E-state index contributed by atoms with van der Waals surface area (Å²) in [6.07, 6.45) is 2.40. The standard InChI is InChI=1S/C13H17N3O4S3/c1-22(17,18)10-3-4-11-12(9-10)21-13(14-11)15-5-7-16(8-6-15)23(2,19)20/h3-4,9H,5-8H2,1-2H3. The van der Waals surface area contributed by atoms with Crippen LogP contribution in [0.15, 0.2) is 23.1 Å². The molecule has 2 aromatic rings. The molecule has 0 bridgehead atoms. The number of sulfonamides is 1. The molecule has 0 spiro atoms. The maximum Gasteiger partial charge on any atom is 0.211 e. The Bertz CT molecular complexity index is 942. The van der Waals surface area contributed by atoms with E-state index in [4.69, 9.17) is 0 Å². The fourth-order valence-electron chi connectivity index (χ4n) is 2.47. The van der Waals surface area contributed by atoms with Gasteiger partial charge in [0.2, 0.25) is 10.0 Å². The molecule has 1 aliphatic rings. The molecule has 10 heteroatoms. The van der Waals surface area contributed by atoms with Crippen molar-refractivity contribution in [1.82, 2.24) is 9.29 Å². The fourth-order valence-corrected chi connectivity index (χ4v) is 5.07. The lowest BCUT2D eigenvalue weighted by molar-refractivity contribution is 0.388. The summed E-state index contributed by atoms with van der Waals surface area (Å²) >= 11 is 1.43. The van der Waals surface area contributed by atoms with Crippen LogP contribution in [-0.4, -0.2) is 64.8 Å². The molecule has 1 saturated heterocycles. The third-order valence-corrected chi connectivity index (χ3v) is 7.25. The van der Waals surface area contributed by atoms with E-state index in [0.29, 0.717) is 26.2 Å². The lowest BCUT2D eigenvalue weighted by Gasteiger charge is -2.32. The van der Waals surface area contributed by atoms with E-state index in [1.807, 2.05) is 4.90 Å². The number of thiazole rings is 1. The van der Waals surface area contributed by atoms with E-state index in [1.165, 1.54) is 28.2 Å². The first-order valence-corrected chi connectivity index (χ1v) is 11.5. The maximum atomic E-state index is 11.6. The van der Waals surface area contributed by atoms with Crippen LogP contribution in [-0.2, 0) is 19.9 Å². The van der Waals surface area contributed by atoms with Crippen LogP contribution in [0.2, 0.25) is 0 Å². The second-order valence-electron chi connectivity index (χ2n) is 5.55. The number of anilines is 1. The third kappa shape index (κ3) is 3.49. The van der Waals surface area contributed by atoms with Crippen LogP contribution in [0.5, 0.6) is 0 Å². The lowest BCUT2D eigenvalue weighted by Crippen LogP contribution is -2.48. The number of hydrogen-bond acceptors (Lipinski definition) is 7. The predicted molar refractivity (Wildman–Crippen MR) is 91.4 cm³/mol. The molecule has 7 nitrogen and oxygen atoms in total. The van der Waals surface area contributed by atoms with E-state index in [1.54, 1.807) is 18.2 Å². The Morgan fingerprint density at radius 3 is 2.26 bits per heavy atom. The van der Waals surface area contributed by atoms with Crippen molar-refractivity contribution in [2.45, 2.75) is 4.90 Å². The second-order valence-corrected chi connectivity index (χ2v) is 10.6. The Labute approximate surface area is 139 Å². The van der Waals surface area contributed by atoms with E-state index in [2.05, 4.69) is 4.98 Å². The zero-order chi connectivity index (χ0) is 16.8. The van der Waals surface area contributed by atoms with Gasteiger partial charge in [0.05, 0.1) is 21.4 Å². The van der Waals surface area contributed by atoms with Crippen molar-refractivity contribution in [3.63, 3.8) is 0 Å². The summed E-state index contributed by atoms with van der Waals surface area (Å²) in [7, 11) is -6.40.